The lowest BCUT2D eigenvalue weighted by Gasteiger charge is -2.31. The summed E-state index contributed by atoms with van der Waals surface area (Å²) in [5.41, 5.74) is 5.99. The molecule has 3 atom stereocenters. The van der Waals surface area contributed by atoms with Crippen LogP contribution >= 0.6 is 0 Å². The number of morpholine rings is 1. The van der Waals surface area contributed by atoms with Crippen LogP contribution in [0.2, 0.25) is 0 Å². The largest absolute Gasteiger partial charge is 0.491 e. The number of hydrogen-bond donors (Lipinski definition) is 3. The van der Waals surface area contributed by atoms with Crippen LogP contribution in [0.4, 0.5) is 10.5 Å². The maximum absolute atomic E-state index is 14.1. The van der Waals surface area contributed by atoms with Crippen LogP contribution in [0.5, 0.6) is 5.75 Å². The van der Waals surface area contributed by atoms with Crippen molar-refractivity contribution >= 4 is 17.7 Å². The zero-order valence-electron chi connectivity index (χ0n) is 28.9. The van der Waals surface area contributed by atoms with E-state index in [1.807, 2.05) is 103 Å². The molecule has 0 aliphatic carbocycles. The smallest absolute Gasteiger partial charge is 0.407 e. The first-order valence-electron chi connectivity index (χ1n) is 17.5. The van der Waals surface area contributed by atoms with Crippen LogP contribution in [0.3, 0.4) is 0 Å². The fourth-order valence-electron chi connectivity index (χ4n) is 6.54. The topological polar surface area (TPSA) is 97.9 Å². The van der Waals surface area contributed by atoms with Crippen molar-refractivity contribution in [3.63, 3.8) is 0 Å². The Kier molecular flexibility index (Phi) is 12.5. The van der Waals surface area contributed by atoms with Crippen LogP contribution in [0, 0.1) is 0 Å². The van der Waals surface area contributed by atoms with Gasteiger partial charge in [0.05, 0.1) is 13.2 Å². The number of aryl methyl sites for hydroxylation is 1. The number of ether oxygens (including phenoxy) is 3. The minimum Gasteiger partial charge on any atom is -0.491 e. The van der Waals surface area contributed by atoms with Crippen molar-refractivity contribution in [2.75, 3.05) is 32.1 Å². The van der Waals surface area contributed by atoms with Gasteiger partial charge < -0.3 is 30.2 Å². The molecule has 8 heteroatoms. The van der Waals surface area contributed by atoms with E-state index in [1.165, 1.54) is 18.2 Å². The normalized spacial score (nSPS) is 16.2. The lowest BCUT2D eigenvalue weighted by atomic mass is 9.84. The number of amides is 2. The van der Waals surface area contributed by atoms with E-state index in [0.717, 1.165) is 41.8 Å². The number of anilines is 1. The van der Waals surface area contributed by atoms with Crippen molar-refractivity contribution in [1.82, 2.24) is 10.6 Å². The van der Waals surface area contributed by atoms with Gasteiger partial charge >= 0.3 is 6.09 Å². The molecule has 0 saturated carbocycles. The Hall–Kier alpha value is -5.44. The van der Waals surface area contributed by atoms with Crippen LogP contribution < -0.4 is 20.7 Å². The van der Waals surface area contributed by atoms with Gasteiger partial charge in [0.15, 0.2) is 0 Å². The summed E-state index contributed by atoms with van der Waals surface area (Å²) >= 11 is 0. The number of carbonyl (C=O) groups is 2. The molecule has 0 spiro atoms. The van der Waals surface area contributed by atoms with E-state index in [4.69, 9.17) is 14.2 Å². The Morgan fingerprint density at radius 1 is 0.745 bits per heavy atom. The van der Waals surface area contributed by atoms with Gasteiger partial charge in [-0.3, -0.25) is 4.79 Å². The van der Waals surface area contributed by atoms with Gasteiger partial charge in [-0.05, 0) is 65.3 Å². The summed E-state index contributed by atoms with van der Waals surface area (Å²) < 4.78 is 17.5. The van der Waals surface area contributed by atoms with Gasteiger partial charge in [0.1, 0.15) is 24.5 Å². The molecule has 8 nitrogen and oxygen atoms in total. The molecule has 1 heterocycles. The summed E-state index contributed by atoms with van der Waals surface area (Å²) in [4.78, 5) is 26.7. The Morgan fingerprint density at radius 3 is 2.00 bits per heavy atom. The molecule has 2 amide bonds. The van der Waals surface area contributed by atoms with E-state index >= 15 is 0 Å². The van der Waals surface area contributed by atoms with E-state index < -0.39 is 18.1 Å². The minimum absolute atomic E-state index is 0.0152. The molecule has 0 radical (unpaired) electrons. The Bertz CT molecular complexity index is 1780. The third-order valence-electron chi connectivity index (χ3n) is 9.14. The number of carbonyl (C=O) groups excluding carboxylic acids is 2. The summed E-state index contributed by atoms with van der Waals surface area (Å²) in [5.74, 6) is 0.0298. The van der Waals surface area contributed by atoms with E-state index in [9.17, 15) is 9.59 Å². The van der Waals surface area contributed by atoms with Crippen molar-refractivity contribution in [3.05, 3.63) is 167 Å². The second-order valence-corrected chi connectivity index (χ2v) is 12.8. The molecule has 6 rings (SSSR count). The first kappa shape index (κ1) is 35.4. The number of benzene rings is 5. The third kappa shape index (κ3) is 10.1. The van der Waals surface area contributed by atoms with Crippen molar-refractivity contribution in [2.24, 2.45) is 0 Å². The van der Waals surface area contributed by atoms with Crippen molar-refractivity contribution < 1.29 is 23.8 Å². The van der Waals surface area contributed by atoms with E-state index in [2.05, 4.69) is 52.3 Å². The summed E-state index contributed by atoms with van der Waals surface area (Å²) in [7, 11) is 1.29. The van der Waals surface area contributed by atoms with Gasteiger partial charge in [0.2, 0.25) is 5.91 Å². The van der Waals surface area contributed by atoms with Gasteiger partial charge in [-0.15, -0.1) is 0 Å². The predicted octanol–water partition coefficient (Wildman–Crippen LogP) is 7.14. The number of para-hydroxylation sites is 1. The predicted molar refractivity (Wildman–Crippen MR) is 200 cm³/mol. The summed E-state index contributed by atoms with van der Waals surface area (Å²) in [6, 6.07) is 44.9. The van der Waals surface area contributed by atoms with Gasteiger partial charge in [0.25, 0.3) is 0 Å². The molecule has 3 N–H and O–H groups in total. The van der Waals surface area contributed by atoms with Crippen LogP contribution in [0.25, 0.3) is 0 Å². The number of nitrogens with one attached hydrogen (secondary N) is 3. The number of methoxy groups -OCH3 is 1. The average Bonchev–Trinajstić information content (AvgIpc) is 3.18. The number of hydrogen-bond acceptors (Lipinski definition) is 6. The van der Waals surface area contributed by atoms with Gasteiger partial charge in [-0.2, -0.15) is 0 Å². The summed E-state index contributed by atoms with van der Waals surface area (Å²) in [6.45, 7) is 1.90. The lowest BCUT2D eigenvalue weighted by molar-refractivity contribution is -0.118. The van der Waals surface area contributed by atoms with Crippen LogP contribution in [-0.2, 0) is 27.1 Å². The van der Waals surface area contributed by atoms with Gasteiger partial charge in [0, 0.05) is 24.7 Å². The van der Waals surface area contributed by atoms with Crippen LogP contribution in [0.1, 0.15) is 40.2 Å². The fourth-order valence-corrected chi connectivity index (χ4v) is 6.54. The fraction of sp³-hybridized carbons (Fsp3) is 0.256. The maximum Gasteiger partial charge on any atom is 0.407 e. The first-order chi connectivity index (χ1) is 25.1. The molecule has 1 aliphatic rings. The van der Waals surface area contributed by atoms with Crippen LogP contribution in [-0.4, -0.2) is 57.1 Å². The number of alkyl carbamates (subject to hydrolysis) is 1. The molecule has 5 aromatic carbocycles. The van der Waals surface area contributed by atoms with E-state index in [-0.39, 0.29) is 18.1 Å². The van der Waals surface area contributed by atoms with Crippen LogP contribution in [0.15, 0.2) is 140 Å². The standard InChI is InChI=1S/C43H45N3O5/c1-49-43(48)46-41(40(34-16-7-3-8-17-34)35-18-9-4-10-19-35)42(47)45-39-20-12-11-15-33(39)23-26-37-28-44-29-38(51-37)30-50-36-24-21-32(22-25-36)27-31-13-5-2-6-14-31/h2-22,24-25,37-38,40-41,44H,23,26-30H2,1H3,(H,45,47)(H,46,48)/t37-,38+,41?/m1/s1. The SMILES string of the molecule is COC(=O)NC(C(=O)Nc1ccccc1CC[C@@H]1CNC[C@@H](COc2ccc(Cc3ccccc3)cc2)O1)C(c1ccccc1)c1ccccc1. The molecule has 1 saturated heterocycles. The van der Waals surface area contributed by atoms with Crippen molar-refractivity contribution in [3.8, 4) is 5.75 Å². The second-order valence-electron chi connectivity index (χ2n) is 12.8. The molecule has 5 aromatic rings. The molecular weight excluding hydrogens is 638 g/mol. The molecule has 1 aliphatic heterocycles. The lowest BCUT2D eigenvalue weighted by Crippen LogP contribution is -2.48. The zero-order chi connectivity index (χ0) is 35.3. The highest BCUT2D eigenvalue weighted by Gasteiger charge is 2.33. The minimum atomic E-state index is -0.943. The highest BCUT2D eigenvalue weighted by molar-refractivity contribution is 5.98. The molecule has 262 valence electrons. The highest BCUT2D eigenvalue weighted by Crippen LogP contribution is 2.30. The number of rotatable bonds is 14. The highest BCUT2D eigenvalue weighted by atomic mass is 16.5. The third-order valence-corrected chi connectivity index (χ3v) is 9.14. The molecular formula is C43H45N3O5. The van der Waals surface area contributed by atoms with E-state index in [1.54, 1.807) is 0 Å². The summed E-state index contributed by atoms with van der Waals surface area (Å²) in [6.07, 6.45) is 1.55. The van der Waals surface area contributed by atoms with E-state index in [0.29, 0.717) is 25.3 Å². The monoisotopic (exact) mass is 683 g/mol. The second kappa shape index (κ2) is 18.0. The quantitative estimate of drug-likeness (QED) is 0.115. The zero-order valence-corrected chi connectivity index (χ0v) is 28.9. The Labute approximate surface area is 300 Å². The first-order valence-corrected chi connectivity index (χ1v) is 17.5. The molecule has 0 bridgehead atoms. The Balaban J connectivity index is 1.07. The molecule has 51 heavy (non-hydrogen) atoms. The van der Waals surface area contributed by atoms with Gasteiger partial charge in [-0.1, -0.05) is 121 Å². The maximum atomic E-state index is 14.1. The summed E-state index contributed by atoms with van der Waals surface area (Å²) in [5, 5.41) is 9.44. The average molecular weight is 684 g/mol. The molecule has 0 aromatic heterocycles. The van der Waals surface area contributed by atoms with Gasteiger partial charge in [-0.25, -0.2) is 4.79 Å². The Morgan fingerprint density at radius 2 is 1.33 bits per heavy atom. The molecule has 1 fully saturated rings. The van der Waals surface area contributed by atoms with Crippen molar-refractivity contribution in [1.29, 1.82) is 0 Å². The molecule has 1 unspecified atom stereocenters. The van der Waals surface area contributed by atoms with Crippen molar-refractivity contribution in [2.45, 2.75) is 43.4 Å².